The van der Waals surface area contributed by atoms with Crippen molar-refractivity contribution in [1.82, 2.24) is 10.3 Å². The first-order chi connectivity index (χ1) is 9.19. The Balaban J connectivity index is 1.93. The molecule has 1 heterocycles. The third kappa shape index (κ3) is 4.04. The van der Waals surface area contributed by atoms with Crippen molar-refractivity contribution in [1.29, 1.82) is 0 Å². The zero-order valence-electron chi connectivity index (χ0n) is 11.3. The van der Waals surface area contributed by atoms with E-state index in [0.29, 0.717) is 17.8 Å². The first-order valence-electron chi connectivity index (χ1n) is 6.62. The van der Waals surface area contributed by atoms with E-state index >= 15 is 0 Å². The molecule has 2 aromatic rings. The van der Waals surface area contributed by atoms with Gasteiger partial charge >= 0.3 is 0 Å². The number of phenols is 1. The van der Waals surface area contributed by atoms with Crippen molar-refractivity contribution < 1.29 is 5.11 Å². The molecular weight excluding hydrogens is 256 g/mol. The van der Waals surface area contributed by atoms with Crippen LogP contribution in [0.1, 0.15) is 36.9 Å². The molecule has 2 unspecified atom stereocenters. The van der Waals surface area contributed by atoms with E-state index in [0.717, 1.165) is 17.8 Å². The minimum atomic E-state index is 0.318. The van der Waals surface area contributed by atoms with E-state index in [4.69, 9.17) is 0 Å². The van der Waals surface area contributed by atoms with E-state index in [1.165, 1.54) is 5.56 Å². The van der Waals surface area contributed by atoms with E-state index in [1.54, 1.807) is 23.5 Å². The number of hydrogen-bond acceptors (Lipinski definition) is 4. The van der Waals surface area contributed by atoms with E-state index in [1.807, 2.05) is 23.7 Å². The molecule has 1 aromatic carbocycles. The molecule has 0 radical (unpaired) electrons. The van der Waals surface area contributed by atoms with Gasteiger partial charge in [-0.3, -0.25) is 0 Å². The molecule has 0 saturated heterocycles. The number of aromatic nitrogens is 1. The lowest BCUT2D eigenvalue weighted by Crippen LogP contribution is -2.31. The van der Waals surface area contributed by atoms with Crippen LogP contribution in [0.2, 0.25) is 0 Å². The van der Waals surface area contributed by atoms with Crippen LogP contribution in [-0.4, -0.2) is 16.1 Å². The molecule has 19 heavy (non-hydrogen) atoms. The second kappa shape index (κ2) is 6.68. The van der Waals surface area contributed by atoms with Gasteiger partial charge in [-0.2, -0.15) is 0 Å². The highest BCUT2D eigenvalue weighted by atomic mass is 32.1. The number of nitrogens with zero attached hydrogens (tertiary/aromatic N) is 1. The van der Waals surface area contributed by atoms with Crippen molar-refractivity contribution >= 4 is 11.3 Å². The van der Waals surface area contributed by atoms with Gasteiger partial charge in [0.05, 0.1) is 6.04 Å². The number of thiazole rings is 1. The standard InChI is InChI=1S/C15H20N2OS/c1-3-14(15-16-8-9-19-15)17-11(2)10-12-4-6-13(18)7-5-12/h4-9,11,14,17-18H,3,10H2,1-2H3. The maximum Gasteiger partial charge on any atom is 0.115 e. The van der Waals surface area contributed by atoms with Crippen molar-refractivity contribution in [2.24, 2.45) is 0 Å². The summed E-state index contributed by atoms with van der Waals surface area (Å²) in [7, 11) is 0. The molecule has 1 aromatic heterocycles. The fourth-order valence-electron chi connectivity index (χ4n) is 2.16. The summed E-state index contributed by atoms with van der Waals surface area (Å²) in [6, 6.07) is 8.11. The predicted molar refractivity (Wildman–Crippen MR) is 79.6 cm³/mol. The van der Waals surface area contributed by atoms with Crippen molar-refractivity contribution in [3.63, 3.8) is 0 Å². The average Bonchev–Trinajstić information content (AvgIpc) is 2.92. The van der Waals surface area contributed by atoms with E-state index in [9.17, 15) is 5.11 Å². The Hall–Kier alpha value is -1.39. The third-order valence-corrected chi connectivity index (χ3v) is 4.01. The summed E-state index contributed by atoms with van der Waals surface area (Å²) in [5.74, 6) is 0.318. The molecule has 0 amide bonds. The molecule has 102 valence electrons. The summed E-state index contributed by atoms with van der Waals surface area (Å²) < 4.78 is 0. The molecule has 0 aliphatic heterocycles. The molecule has 0 saturated carbocycles. The predicted octanol–water partition coefficient (Wildman–Crippen LogP) is 3.52. The molecular formula is C15H20N2OS. The van der Waals surface area contributed by atoms with Crippen molar-refractivity contribution in [3.05, 3.63) is 46.4 Å². The summed E-state index contributed by atoms with van der Waals surface area (Å²) in [4.78, 5) is 4.38. The molecule has 0 aliphatic rings. The molecule has 2 atom stereocenters. The van der Waals surface area contributed by atoms with Crippen molar-refractivity contribution in [2.45, 2.75) is 38.8 Å². The minimum absolute atomic E-state index is 0.318. The molecule has 0 spiro atoms. The van der Waals surface area contributed by atoms with Crippen LogP contribution in [0.25, 0.3) is 0 Å². The Bertz CT molecular complexity index is 481. The van der Waals surface area contributed by atoms with E-state index in [-0.39, 0.29) is 0 Å². The summed E-state index contributed by atoms with van der Waals surface area (Å²) in [6.45, 7) is 4.36. The van der Waals surface area contributed by atoms with Gasteiger partial charge in [-0.05, 0) is 37.5 Å². The van der Waals surface area contributed by atoms with E-state index < -0.39 is 0 Å². The van der Waals surface area contributed by atoms with Gasteiger partial charge in [0.25, 0.3) is 0 Å². The highest BCUT2D eigenvalue weighted by Gasteiger charge is 2.14. The average molecular weight is 276 g/mol. The number of hydrogen-bond donors (Lipinski definition) is 2. The fraction of sp³-hybridized carbons (Fsp3) is 0.400. The lowest BCUT2D eigenvalue weighted by molar-refractivity contribution is 0.441. The van der Waals surface area contributed by atoms with Gasteiger partial charge < -0.3 is 10.4 Å². The molecule has 0 fully saturated rings. The second-order valence-electron chi connectivity index (χ2n) is 4.77. The zero-order valence-corrected chi connectivity index (χ0v) is 12.2. The quantitative estimate of drug-likeness (QED) is 0.848. The molecule has 0 bridgehead atoms. The summed E-state index contributed by atoms with van der Waals surface area (Å²) >= 11 is 1.70. The number of phenolic OH excluding ortho intramolecular Hbond substituents is 1. The fourth-order valence-corrected chi connectivity index (χ4v) is 2.94. The van der Waals surface area contributed by atoms with Gasteiger partial charge in [-0.15, -0.1) is 11.3 Å². The van der Waals surface area contributed by atoms with Gasteiger partial charge in [0.15, 0.2) is 0 Å². The first kappa shape index (κ1) is 14.0. The third-order valence-electron chi connectivity index (χ3n) is 3.12. The van der Waals surface area contributed by atoms with Crippen LogP contribution in [-0.2, 0) is 6.42 Å². The minimum Gasteiger partial charge on any atom is -0.508 e. The Morgan fingerprint density at radius 3 is 2.63 bits per heavy atom. The largest absolute Gasteiger partial charge is 0.508 e. The topological polar surface area (TPSA) is 45.1 Å². The Morgan fingerprint density at radius 1 is 1.32 bits per heavy atom. The van der Waals surface area contributed by atoms with Crippen LogP contribution in [0, 0.1) is 0 Å². The Labute approximate surface area is 118 Å². The lowest BCUT2D eigenvalue weighted by Gasteiger charge is -2.20. The zero-order chi connectivity index (χ0) is 13.7. The molecule has 3 nitrogen and oxygen atoms in total. The summed E-state index contributed by atoms with van der Waals surface area (Å²) in [6.07, 6.45) is 3.84. The van der Waals surface area contributed by atoms with E-state index in [2.05, 4.69) is 24.1 Å². The normalized spacial score (nSPS) is 14.2. The molecule has 0 aliphatic carbocycles. The number of nitrogens with one attached hydrogen (secondary N) is 1. The number of benzene rings is 1. The molecule has 2 N–H and O–H groups in total. The Kier molecular flexibility index (Phi) is 4.93. The van der Waals surface area contributed by atoms with Crippen LogP contribution < -0.4 is 5.32 Å². The molecule has 2 rings (SSSR count). The second-order valence-corrected chi connectivity index (χ2v) is 5.70. The van der Waals surface area contributed by atoms with Gasteiger partial charge in [0.1, 0.15) is 10.8 Å². The number of aromatic hydroxyl groups is 1. The molecule has 4 heteroatoms. The highest BCUT2D eigenvalue weighted by molar-refractivity contribution is 7.09. The van der Waals surface area contributed by atoms with Crippen LogP contribution in [0.5, 0.6) is 5.75 Å². The van der Waals surface area contributed by atoms with Gasteiger partial charge in [0, 0.05) is 17.6 Å². The van der Waals surface area contributed by atoms with Gasteiger partial charge in [-0.1, -0.05) is 19.1 Å². The van der Waals surface area contributed by atoms with Crippen molar-refractivity contribution in [3.8, 4) is 5.75 Å². The summed E-state index contributed by atoms with van der Waals surface area (Å²) in [5, 5.41) is 16.1. The maximum atomic E-state index is 9.28. The van der Waals surface area contributed by atoms with Crippen molar-refractivity contribution in [2.75, 3.05) is 0 Å². The monoisotopic (exact) mass is 276 g/mol. The van der Waals surface area contributed by atoms with Gasteiger partial charge in [-0.25, -0.2) is 4.98 Å². The van der Waals surface area contributed by atoms with Crippen LogP contribution in [0.15, 0.2) is 35.8 Å². The van der Waals surface area contributed by atoms with Gasteiger partial charge in [0.2, 0.25) is 0 Å². The summed E-state index contributed by atoms with van der Waals surface area (Å²) in [5.41, 5.74) is 1.23. The Morgan fingerprint density at radius 2 is 2.05 bits per heavy atom. The van der Waals surface area contributed by atoms with Crippen LogP contribution >= 0.6 is 11.3 Å². The lowest BCUT2D eigenvalue weighted by atomic mass is 10.1. The van der Waals surface area contributed by atoms with Crippen LogP contribution in [0.4, 0.5) is 0 Å². The first-order valence-corrected chi connectivity index (χ1v) is 7.50. The maximum absolute atomic E-state index is 9.28. The number of rotatable bonds is 6. The SMILES string of the molecule is CCC(NC(C)Cc1ccc(O)cc1)c1nccs1. The smallest absolute Gasteiger partial charge is 0.115 e. The highest BCUT2D eigenvalue weighted by Crippen LogP contribution is 2.20. The van der Waals surface area contributed by atoms with Crippen LogP contribution in [0.3, 0.4) is 0 Å².